The molecule has 1 amide bonds. The average molecular weight is 369 g/mol. The van der Waals surface area contributed by atoms with Gasteiger partial charge in [-0.3, -0.25) is 9.69 Å². The van der Waals surface area contributed by atoms with Gasteiger partial charge < -0.3 is 15.5 Å². The second-order valence-electron chi connectivity index (χ2n) is 5.88. The van der Waals surface area contributed by atoms with Crippen LogP contribution in [0.4, 0.5) is 5.69 Å². The molecule has 0 saturated carbocycles. The number of nitrogens with one attached hydrogen (secondary N) is 2. The number of unbranched alkanes of at least 4 members (excludes halogenated alkanes) is 1. The summed E-state index contributed by atoms with van der Waals surface area (Å²) in [4.78, 5) is 16.5. The van der Waals surface area contributed by atoms with Gasteiger partial charge in [0.1, 0.15) is 0 Å². The molecule has 0 spiro atoms. The summed E-state index contributed by atoms with van der Waals surface area (Å²) in [5, 5.41) is 7.53. The van der Waals surface area contributed by atoms with Crippen molar-refractivity contribution in [1.29, 1.82) is 0 Å². The van der Waals surface area contributed by atoms with Gasteiger partial charge in [0.15, 0.2) is 5.11 Å². The van der Waals surface area contributed by atoms with E-state index in [-0.39, 0.29) is 5.91 Å². The van der Waals surface area contributed by atoms with Gasteiger partial charge in [0.25, 0.3) is 0 Å². The SMILES string of the molecule is CCCCNC(=S)N1CCN(CC(=O)Nc2ccccc2Cl)CC1. The van der Waals surface area contributed by atoms with E-state index in [9.17, 15) is 4.79 Å². The van der Waals surface area contributed by atoms with E-state index >= 15 is 0 Å². The van der Waals surface area contributed by atoms with Crippen molar-refractivity contribution >= 4 is 40.5 Å². The lowest BCUT2D eigenvalue weighted by Gasteiger charge is -2.35. The van der Waals surface area contributed by atoms with Crippen molar-refractivity contribution in [3.63, 3.8) is 0 Å². The van der Waals surface area contributed by atoms with E-state index in [2.05, 4.69) is 27.4 Å². The number of carbonyl (C=O) groups is 1. The second-order valence-corrected chi connectivity index (χ2v) is 6.67. The molecule has 132 valence electrons. The molecule has 0 aromatic heterocycles. The minimum absolute atomic E-state index is 0.0415. The van der Waals surface area contributed by atoms with Gasteiger partial charge in [-0.1, -0.05) is 37.1 Å². The van der Waals surface area contributed by atoms with Crippen LogP contribution in [0.15, 0.2) is 24.3 Å². The fourth-order valence-corrected chi connectivity index (χ4v) is 3.02. The summed E-state index contributed by atoms with van der Waals surface area (Å²) in [5.74, 6) is -0.0415. The van der Waals surface area contributed by atoms with Gasteiger partial charge in [-0.25, -0.2) is 0 Å². The topological polar surface area (TPSA) is 47.6 Å². The van der Waals surface area contributed by atoms with Gasteiger partial charge >= 0.3 is 0 Å². The highest BCUT2D eigenvalue weighted by molar-refractivity contribution is 7.80. The van der Waals surface area contributed by atoms with E-state index in [1.165, 1.54) is 0 Å². The zero-order valence-electron chi connectivity index (χ0n) is 14.1. The Morgan fingerprint density at radius 3 is 2.62 bits per heavy atom. The maximum absolute atomic E-state index is 12.2. The lowest BCUT2D eigenvalue weighted by molar-refractivity contribution is -0.117. The summed E-state index contributed by atoms with van der Waals surface area (Å²) in [7, 11) is 0. The van der Waals surface area contributed by atoms with E-state index < -0.39 is 0 Å². The number of halogens is 1. The minimum atomic E-state index is -0.0415. The summed E-state index contributed by atoms with van der Waals surface area (Å²) in [5.41, 5.74) is 0.657. The number of anilines is 1. The van der Waals surface area contributed by atoms with Crippen LogP contribution in [-0.2, 0) is 4.79 Å². The zero-order chi connectivity index (χ0) is 17.4. The van der Waals surface area contributed by atoms with Crippen LogP contribution >= 0.6 is 23.8 Å². The van der Waals surface area contributed by atoms with Gasteiger partial charge in [-0.2, -0.15) is 0 Å². The molecular formula is C17H25ClN4OS. The predicted octanol–water partition coefficient (Wildman–Crippen LogP) is 2.57. The number of thiocarbonyl (C=S) groups is 1. The van der Waals surface area contributed by atoms with Crippen LogP contribution in [0.1, 0.15) is 19.8 Å². The Labute approximate surface area is 154 Å². The Bertz CT molecular complexity index is 561. The maximum Gasteiger partial charge on any atom is 0.238 e. The first-order chi connectivity index (χ1) is 11.6. The monoisotopic (exact) mass is 368 g/mol. The van der Waals surface area contributed by atoms with Crippen molar-refractivity contribution < 1.29 is 4.79 Å². The summed E-state index contributed by atoms with van der Waals surface area (Å²) < 4.78 is 0. The smallest absolute Gasteiger partial charge is 0.238 e. The molecule has 0 bridgehead atoms. The average Bonchev–Trinajstić information content (AvgIpc) is 2.58. The Balaban J connectivity index is 1.72. The van der Waals surface area contributed by atoms with E-state index in [0.29, 0.717) is 17.3 Å². The maximum atomic E-state index is 12.2. The van der Waals surface area contributed by atoms with Gasteiger partial charge in [0.2, 0.25) is 5.91 Å². The summed E-state index contributed by atoms with van der Waals surface area (Å²) in [6, 6.07) is 7.27. The van der Waals surface area contributed by atoms with Crippen molar-refractivity contribution in [2.45, 2.75) is 19.8 Å². The van der Waals surface area contributed by atoms with E-state index in [1.807, 2.05) is 12.1 Å². The lowest BCUT2D eigenvalue weighted by Crippen LogP contribution is -2.53. The normalized spacial score (nSPS) is 15.2. The lowest BCUT2D eigenvalue weighted by atomic mass is 10.3. The molecule has 0 radical (unpaired) electrons. The Kier molecular flexibility index (Phi) is 7.75. The van der Waals surface area contributed by atoms with Crippen molar-refractivity contribution in [2.24, 2.45) is 0 Å². The summed E-state index contributed by atoms with van der Waals surface area (Å²) in [6.07, 6.45) is 2.28. The quantitative estimate of drug-likeness (QED) is 0.597. The molecule has 1 aromatic carbocycles. The van der Waals surface area contributed by atoms with Crippen LogP contribution in [0.5, 0.6) is 0 Å². The number of amides is 1. The molecule has 1 saturated heterocycles. The van der Waals surface area contributed by atoms with Gasteiger partial charge in [0, 0.05) is 32.7 Å². The molecule has 1 aliphatic heterocycles. The molecule has 2 N–H and O–H groups in total. The van der Waals surface area contributed by atoms with Gasteiger partial charge in [-0.15, -0.1) is 0 Å². The molecule has 0 atom stereocenters. The Morgan fingerprint density at radius 1 is 1.25 bits per heavy atom. The van der Waals surface area contributed by atoms with E-state index in [4.69, 9.17) is 23.8 Å². The van der Waals surface area contributed by atoms with Crippen molar-refractivity contribution in [1.82, 2.24) is 15.1 Å². The van der Waals surface area contributed by atoms with E-state index in [0.717, 1.165) is 50.7 Å². The molecule has 1 heterocycles. The molecule has 2 rings (SSSR count). The van der Waals surface area contributed by atoms with Crippen LogP contribution in [0.3, 0.4) is 0 Å². The van der Waals surface area contributed by atoms with Crippen molar-refractivity contribution in [3.05, 3.63) is 29.3 Å². The number of hydrogen-bond acceptors (Lipinski definition) is 3. The first-order valence-electron chi connectivity index (χ1n) is 8.39. The molecule has 0 aliphatic carbocycles. The molecule has 1 aliphatic rings. The number of benzene rings is 1. The molecular weight excluding hydrogens is 344 g/mol. The van der Waals surface area contributed by atoms with E-state index in [1.54, 1.807) is 12.1 Å². The van der Waals surface area contributed by atoms with Crippen LogP contribution in [0.25, 0.3) is 0 Å². The van der Waals surface area contributed by atoms with Gasteiger partial charge in [-0.05, 0) is 30.8 Å². The summed E-state index contributed by atoms with van der Waals surface area (Å²) >= 11 is 11.5. The number of carbonyl (C=O) groups excluding carboxylic acids is 1. The summed E-state index contributed by atoms with van der Waals surface area (Å²) in [6.45, 7) is 6.80. The fourth-order valence-electron chi connectivity index (χ4n) is 2.55. The number of nitrogens with zero attached hydrogens (tertiary/aromatic N) is 2. The third kappa shape index (κ3) is 5.92. The molecule has 1 aromatic rings. The highest BCUT2D eigenvalue weighted by Crippen LogP contribution is 2.20. The zero-order valence-corrected chi connectivity index (χ0v) is 15.6. The fraction of sp³-hybridized carbons (Fsp3) is 0.529. The van der Waals surface area contributed by atoms with Crippen LogP contribution in [0, 0.1) is 0 Å². The Hall–Kier alpha value is -1.37. The molecule has 24 heavy (non-hydrogen) atoms. The molecule has 7 heteroatoms. The van der Waals surface area contributed by atoms with Gasteiger partial charge in [0.05, 0.1) is 17.3 Å². The minimum Gasteiger partial charge on any atom is -0.363 e. The van der Waals surface area contributed by atoms with Crippen LogP contribution < -0.4 is 10.6 Å². The van der Waals surface area contributed by atoms with Crippen molar-refractivity contribution in [2.75, 3.05) is 44.6 Å². The Morgan fingerprint density at radius 2 is 1.96 bits per heavy atom. The van der Waals surface area contributed by atoms with Crippen LogP contribution in [-0.4, -0.2) is 60.1 Å². The molecule has 1 fully saturated rings. The molecule has 0 unspecified atom stereocenters. The number of piperazine rings is 1. The second kappa shape index (κ2) is 9.81. The third-order valence-corrected chi connectivity index (χ3v) is 4.71. The van der Waals surface area contributed by atoms with Crippen molar-refractivity contribution in [3.8, 4) is 0 Å². The highest BCUT2D eigenvalue weighted by Gasteiger charge is 2.20. The largest absolute Gasteiger partial charge is 0.363 e. The third-order valence-electron chi connectivity index (χ3n) is 3.98. The number of para-hydroxylation sites is 1. The first-order valence-corrected chi connectivity index (χ1v) is 9.18. The first kappa shape index (κ1) is 19.0. The number of hydrogen-bond donors (Lipinski definition) is 2. The van der Waals surface area contributed by atoms with Crippen LogP contribution in [0.2, 0.25) is 5.02 Å². The number of rotatable bonds is 6. The predicted molar refractivity (Wildman–Crippen MR) is 104 cm³/mol. The molecule has 5 nitrogen and oxygen atoms in total. The highest BCUT2D eigenvalue weighted by atomic mass is 35.5. The standard InChI is InChI=1S/C17H25ClN4OS/c1-2-3-8-19-17(24)22-11-9-21(10-12-22)13-16(23)20-15-7-5-4-6-14(15)18/h4-7H,2-3,8-13H2,1H3,(H,19,24)(H,20,23).